The average Bonchev–Trinajstić information content (AvgIpc) is 3.12. The monoisotopic (exact) mass is 368 g/mol. The minimum Gasteiger partial charge on any atom is -0.284 e. The molecule has 0 bridgehead atoms. The molecule has 0 spiro atoms. The molecule has 5 nitrogen and oxygen atoms in total. The van der Waals surface area contributed by atoms with Crippen molar-refractivity contribution in [1.29, 1.82) is 0 Å². The number of carbonyl (C=O) groups is 1. The molecule has 0 unspecified atom stereocenters. The quantitative estimate of drug-likeness (QED) is 0.817. The van der Waals surface area contributed by atoms with Crippen LogP contribution in [0.4, 0.5) is 5.13 Å². The Morgan fingerprint density at radius 2 is 1.96 bits per heavy atom. The van der Waals surface area contributed by atoms with Crippen LogP contribution < -0.4 is 4.90 Å². The molecule has 2 fully saturated rings. The molecule has 1 amide bonds. The van der Waals surface area contributed by atoms with Gasteiger partial charge in [0.1, 0.15) is 0 Å². The molecule has 0 N–H and O–H groups in total. The van der Waals surface area contributed by atoms with Crippen molar-refractivity contribution in [1.82, 2.24) is 4.98 Å². The van der Waals surface area contributed by atoms with Gasteiger partial charge in [0.25, 0.3) is 0 Å². The maximum atomic E-state index is 12.3. The van der Waals surface area contributed by atoms with E-state index in [1.807, 2.05) is 17.5 Å². The van der Waals surface area contributed by atoms with Gasteiger partial charge in [-0.1, -0.05) is 23.7 Å². The number of thiazole rings is 1. The summed E-state index contributed by atoms with van der Waals surface area (Å²) in [5, 5.41) is 3.10. The summed E-state index contributed by atoms with van der Waals surface area (Å²) in [5.74, 6) is 0.0106. The first-order valence-corrected chi connectivity index (χ1v) is 10.2. The molecule has 4 rings (SSSR count). The molecule has 1 aromatic carbocycles. The highest BCUT2D eigenvalue weighted by Gasteiger charge is 2.50. The maximum Gasteiger partial charge on any atom is 0.229 e. The number of hydrogen-bond donors (Lipinski definition) is 0. The van der Waals surface area contributed by atoms with Gasteiger partial charge in [0.15, 0.2) is 15.0 Å². The summed E-state index contributed by atoms with van der Waals surface area (Å²) in [7, 11) is -3.05. The number of rotatable bonds is 2. The maximum absolute atomic E-state index is 12.3. The van der Waals surface area contributed by atoms with Crippen LogP contribution in [0, 0.1) is 5.92 Å². The van der Waals surface area contributed by atoms with Crippen molar-refractivity contribution in [2.24, 2.45) is 5.92 Å². The zero-order valence-corrected chi connectivity index (χ0v) is 14.4. The van der Waals surface area contributed by atoms with E-state index in [0.29, 0.717) is 16.6 Å². The standard InChI is InChI=1S/C15H13ClN2O3S2/c16-11-3-1-9(2-4-11)12-6-22-15(17-12)18-13-8-23(20,21)7-10(13)5-14(18)19/h1-4,6,10,13H,5,7-8H2/t10-,13-/m1/s1. The van der Waals surface area contributed by atoms with Gasteiger partial charge in [0, 0.05) is 28.3 Å². The summed E-state index contributed by atoms with van der Waals surface area (Å²) in [6, 6.07) is 7.05. The van der Waals surface area contributed by atoms with E-state index >= 15 is 0 Å². The van der Waals surface area contributed by atoms with Crippen molar-refractivity contribution in [3.8, 4) is 11.3 Å². The Labute approximate surface area is 142 Å². The van der Waals surface area contributed by atoms with E-state index < -0.39 is 9.84 Å². The van der Waals surface area contributed by atoms with Crippen molar-refractivity contribution in [3.63, 3.8) is 0 Å². The molecule has 120 valence electrons. The van der Waals surface area contributed by atoms with Gasteiger partial charge in [-0.05, 0) is 12.1 Å². The lowest BCUT2D eigenvalue weighted by Crippen LogP contribution is -2.36. The molecule has 2 aliphatic rings. The van der Waals surface area contributed by atoms with E-state index in [1.54, 1.807) is 17.0 Å². The predicted molar refractivity (Wildman–Crippen MR) is 90.6 cm³/mol. The summed E-state index contributed by atoms with van der Waals surface area (Å²) in [6.45, 7) is 0. The van der Waals surface area contributed by atoms with Crippen LogP contribution in [0.2, 0.25) is 5.02 Å². The smallest absolute Gasteiger partial charge is 0.229 e. The summed E-state index contributed by atoms with van der Waals surface area (Å²) in [6.07, 6.45) is 0.291. The van der Waals surface area contributed by atoms with E-state index in [0.717, 1.165) is 11.3 Å². The van der Waals surface area contributed by atoms with Gasteiger partial charge >= 0.3 is 0 Å². The fraction of sp³-hybridized carbons (Fsp3) is 0.333. The Hall–Kier alpha value is -1.44. The Morgan fingerprint density at radius 3 is 2.70 bits per heavy atom. The van der Waals surface area contributed by atoms with Gasteiger partial charge in [-0.15, -0.1) is 11.3 Å². The highest BCUT2D eigenvalue weighted by molar-refractivity contribution is 7.91. The number of hydrogen-bond acceptors (Lipinski definition) is 5. The van der Waals surface area contributed by atoms with Crippen LogP contribution >= 0.6 is 22.9 Å². The van der Waals surface area contributed by atoms with Gasteiger partial charge in [0.2, 0.25) is 5.91 Å². The average molecular weight is 369 g/mol. The predicted octanol–water partition coefficient (Wildman–Crippen LogP) is 2.61. The third-order valence-electron chi connectivity index (χ3n) is 4.31. The largest absolute Gasteiger partial charge is 0.284 e. The summed E-state index contributed by atoms with van der Waals surface area (Å²) in [5.41, 5.74) is 1.68. The zero-order chi connectivity index (χ0) is 16.2. The Morgan fingerprint density at radius 1 is 1.22 bits per heavy atom. The van der Waals surface area contributed by atoms with Crippen LogP contribution in [0.15, 0.2) is 29.6 Å². The number of carbonyl (C=O) groups excluding carboxylic acids is 1. The molecule has 0 saturated carbocycles. The number of anilines is 1. The molecule has 23 heavy (non-hydrogen) atoms. The Kier molecular flexibility index (Phi) is 3.48. The van der Waals surface area contributed by atoms with Crippen LogP contribution in [-0.4, -0.2) is 36.9 Å². The highest BCUT2D eigenvalue weighted by atomic mass is 35.5. The number of fused-ring (bicyclic) bond motifs is 1. The SMILES string of the molecule is O=C1C[C@@H]2CS(=O)(=O)C[C@H]2N1c1nc(-c2ccc(Cl)cc2)cs1. The van der Waals surface area contributed by atoms with Crippen LogP contribution in [-0.2, 0) is 14.6 Å². The minimum absolute atomic E-state index is 0.0353. The van der Waals surface area contributed by atoms with Crippen molar-refractivity contribution in [3.05, 3.63) is 34.7 Å². The first-order chi connectivity index (χ1) is 10.9. The molecule has 0 aliphatic carbocycles. The van der Waals surface area contributed by atoms with Crippen molar-refractivity contribution in [2.75, 3.05) is 16.4 Å². The van der Waals surface area contributed by atoms with E-state index in [2.05, 4.69) is 4.98 Å². The summed E-state index contributed by atoms with van der Waals surface area (Å²) in [4.78, 5) is 18.4. The number of aromatic nitrogens is 1. The van der Waals surface area contributed by atoms with Gasteiger partial charge in [0.05, 0.1) is 23.2 Å². The van der Waals surface area contributed by atoms with Gasteiger partial charge < -0.3 is 0 Å². The molecule has 1 aromatic heterocycles. The van der Waals surface area contributed by atoms with Gasteiger partial charge in [-0.3, -0.25) is 9.69 Å². The Balaban J connectivity index is 1.66. The van der Waals surface area contributed by atoms with Crippen LogP contribution in [0.3, 0.4) is 0 Å². The Bertz CT molecular complexity index is 876. The molecular formula is C15H13ClN2O3S2. The number of benzene rings is 1. The van der Waals surface area contributed by atoms with Crippen molar-refractivity contribution >= 4 is 43.8 Å². The third-order valence-corrected chi connectivity index (χ3v) is 7.19. The molecule has 2 aromatic rings. The molecule has 2 atom stereocenters. The molecule has 2 aliphatic heterocycles. The number of sulfone groups is 1. The molecule has 3 heterocycles. The van der Waals surface area contributed by atoms with Crippen LogP contribution in [0.25, 0.3) is 11.3 Å². The van der Waals surface area contributed by atoms with E-state index in [4.69, 9.17) is 11.6 Å². The first kappa shape index (κ1) is 15.1. The fourth-order valence-electron chi connectivity index (χ4n) is 3.27. The fourth-order valence-corrected chi connectivity index (χ4v) is 6.37. The molecule has 2 saturated heterocycles. The van der Waals surface area contributed by atoms with Crippen molar-refractivity contribution < 1.29 is 13.2 Å². The molecule has 0 radical (unpaired) electrons. The normalized spacial score (nSPS) is 25.8. The van der Waals surface area contributed by atoms with Crippen molar-refractivity contribution in [2.45, 2.75) is 12.5 Å². The van der Waals surface area contributed by atoms with Gasteiger partial charge in [-0.2, -0.15) is 0 Å². The first-order valence-electron chi connectivity index (χ1n) is 7.17. The van der Waals surface area contributed by atoms with Crippen LogP contribution in [0.1, 0.15) is 6.42 Å². The number of amides is 1. The highest BCUT2D eigenvalue weighted by Crippen LogP contribution is 2.39. The second-order valence-electron chi connectivity index (χ2n) is 5.89. The number of halogens is 1. The lowest BCUT2D eigenvalue weighted by Gasteiger charge is -2.19. The molecular weight excluding hydrogens is 356 g/mol. The minimum atomic E-state index is -3.05. The van der Waals surface area contributed by atoms with E-state index in [-0.39, 0.29) is 29.4 Å². The second kappa shape index (κ2) is 5.29. The second-order valence-corrected chi connectivity index (χ2v) is 9.32. The number of nitrogens with zero attached hydrogens (tertiary/aromatic N) is 2. The summed E-state index contributed by atoms with van der Waals surface area (Å²) < 4.78 is 23.6. The third kappa shape index (κ3) is 2.66. The van der Waals surface area contributed by atoms with Crippen LogP contribution in [0.5, 0.6) is 0 Å². The zero-order valence-electron chi connectivity index (χ0n) is 12.0. The summed E-state index contributed by atoms with van der Waals surface area (Å²) >= 11 is 7.25. The lowest BCUT2D eigenvalue weighted by atomic mass is 10.1. The van der Waals surface area contributed by atoms with Gasteiger partial charge in [-0.25, -0.2) is 13.4 Å². The van der Waals surface area contributed by atoms with E-state index in [1.165, 1.54) is 11.3 Å². The topological polar surface area (TPSA) is 67.3 Å². The molecule has 8 heteroatoms. The van der Waals surface area contributed by atoms with E-state index in [9.17, 15) is 13.2 Å². The lowest BCUT2D eigenvalue weighted by molar-refractivity contribution is -0.117.